The molecule has 1 N–H and O–H groups in total. The Kier molecular flexibility index (Phi) is 6.20. The molecule has 3 heterocycles. The average molecular weight is 466 g/mol. The van der Waals surface area contributed by atoms with Crippen LogP contribution in [-0.2, 0) is 23.9 Å². The SMILES string of the molecule is CC(C)C(=O)N1CCc2c(C(=O)N3CCC(c4cccc(F)c4C(F)(F)F)CC3)n[nH]c2C1. The maximum atomic E-state index is 14.0. The number of benzene rings is 1. The van der Waals surface area contributed by atoms with Gasteiger partial charge < -0.3 is 9.80 Å². The lowest BCUT2D eigenvalue weighted by atomic mass is 9.86. The molecule has 0 saturated carbocycles. The fourth-order valence-corrected chi connectivity index (χ4v) is 4.77. The molecule has 0 radical (unpaired) electrons. The van der Waals surface area contributed by atoms with E-state index < -0.39 is 23.5 Å². The van der Waals surface area contributed by atoms with Gasteiger partial charge in [0.25, 0.3) is 5.91 Å². The highest BCUT2D eigenvalue weighted by Crippen LogP contribution is 2.40. The fourth-order valence-electron chi connectivity index (χ4n) is 4.77. The number of aromatic nitrogens is 2. The number of H-pyrrole nitrogens is 1. The van der Waals surface area contributed by atoms with Crippen LogP contribution in [0.25, 0.3) is 0 Å². The highest BCUT2D eigenvalue weighted by molar-refractivity contribution is 5.94. The standard InChI is InChI=1S/C23H26F4N4O2/c1-13(2)21(32)31-11-8-16-18(12-31)28-29-20(16)22(33)30-9-6-14(7-10-30)15-4-3-5-17(24)19(15)23(25,26)27/h3-5,13-14H,6-12H2,1-2H3,(H,28,29). The molecule has 2 amide bonds. The summed E-state index contributed by atoms with van der Waals surface area (Å²) in [6.07, 6.45) is -3.64. The van der Waals surface area contributed by atoms with Crippen LogP contribution in [0.1, 0.15) is 65.5 Å². The molecule has 2 aliphatic heterocycles. The first-order valence-electron chi connectivity index (χ1n) is 11.1. The predicted octanol–water partition coefficient (Wildman–Crippen LogP) is 4.13. The number of piperidine rings is 1. The smallest absolute Gasteiger partial charge is 0.337 e. The van der Waals surface area contributed by atoms with Crippen molar-refractivity contribution in [3.8, 4) is 0 Å². The number of carbonyl (C=O) groups excluding carboxylic acids is 2. The third-order valence-corrected chi connectivity index (χ3v) is 6.49. The Hall–Kier alpha value is -2.91. The number of nitrogens with zero attached hydrogens (tertiary/aromatic N) is 3. The van der Waals surface area contributed by atoms with Crippen LogP contribution in [0.15, 0.2) is 18.2 Å². The predicted molar refractivity (Wildman–Crippen MR) is 112 cm³/mol. The van der Waals surface area contributed by atoms with Gasteiger partial charge in [-0.1, -0.05) is 26.0 Å². The van der Waals surface area contributed by atoms with Gasteiger partial charge in [-0.15, -0.1) is 0 Å². The number of nitrogens with one attached hydrogen (secondary N) is 1. The number of rotatable bonds is 3. The van der Waals surface area contributed by atoms with Gasteiger partial charge in [-0.3, -0.25) is 14.7 Å². The molecule has 0 unspecified atom stereocenters. The summed E-state index contributed by atoms with van der Waals surface area (Å²) < 4.78 is 54.1. The van der Waals surface area contributed by atoms with Gasteiger partial charge in [0.05, 0.1) is 17.8 Å². The normalized spacial score (nSPS) is 17.4. The molecule has 10 heteroatoms. The van der Waals surface area contributed by atoms with Crippen LogP contribution < -0.4 is 0 Å². The third kappa shape index (κ3) is 4.47. The molecular formula is C23H26F4N4O2. The zero-order valence-corrected chi connectivity index (χ0v) is 18.5. The highest BCUT2D eigenvalue weighted by atomic mass is 19.4. The quantitative estimate of drug-likeness (QED) is 0.692. The number of likely N-dealkylation sites (tertiary alicyclic amines) is 1. The number of hydrogen-bond donors (Lipinski definition) is 1. The van der Waals surface area contributed by atoms with Gasteiger partial charge in [-0.25, -0.2) is 4.39 Å². The Balaban J connectivity index is 1.45. The zero-order chi connectivity index (χ0) is 23.9. The zero-order valence-electron chi connectivity index (χ0n) is 18.5. The van der Waals surface area contributed by atoms with E-state index in [9.17, 15) is 27.2 Å². The molecule has 2 aromatic rings. The number of amides is 2. The molecule has 1 aromatic carbocycles. The number of hydrogen-bond acceptors (Lipinski definition) is 3. The maximum Gasteiger partial charge on any atom is 0.419 e. The summed E-state index contributed by atoms with van der Waals surface area (Å²) in [5.74, 6) is -2.10. The van der Waals surface area contributed by atoms with Crippen LogP contribution in [0.5, 0.6) is 0 Å². The van der Waals surface area contributed by atoms with Crippen molar-refractivity contribution < 1.29 is 27.2 Å². The fraction of sp³-hybridized carbons (Fsp3) is 0.522. The van der Waals surface area contributed by atoms with Crippen molar-refractivity contribution in [2.75, 3.05) is 19.6 Å². The molecule has 0 spiro atoms. The lowest BCUT2D eigenvalue weighted by Crippen LogP contribution is -2.40. The highest BCUT2D eigenvalue weighted by Gasteiger charge is 2.39. The maximum absolute atomic E-state index is 14.0. The minimum atomic E-state index is -4.77. The number of fused-ring (bicyclic) bond motifs is 1. The summed E-state index contributed by atoms with van der Waals surface area (Å²) in [6, 6.07) is 3.44. The Labute approximate surface area is 188 Å². The Morgan fingerprint density at radius 3 is 2.45 bits per heavy atom. The van der Waals surface area contributed by atoms with E-state index in [1.165, 1.54) is 12.1 Å². The van der Waals surface area contributed by atoms with Crippen molar-refractivity contribution in [2.45, 2.75) is 51.7 Å². The Bertz CT molecular complexity index is 1060. The first-order valence-corrected chi connectivity index (χ1v) is 11.1. The molecule has 178 valence electrons. The van der Waals surface area contributed by atoms with E-state index in [0.717, 1.165) is 17.3 Å². The van der Waals surface area contributed by atoms with Crippen LogP contribution >= 0.6 is 0 Å². The number of aromatic amines is 1. The molecule has 2 aliphatic rings. The summed E-state index contributed by atoms with van der Waals surface area (Å²) in [7, 11) is 0. The first kappa shape index (κ1) is 23.3. The number of carbonyl (C=O) groups is 2. The molecule has 1 aromatic heterocycles. The van der Waals surface area contributed by atoms with Crippen molar-refractivity contribution in [1.82, 2.24) is 20.0 Å². The third-order valence-electron chi connectivity index (χ3n) is 6.49. The number of alkyl halides is 3. The van der Waals surface area contributed by atoms with E-state index in [-0.39, 0.29) is 36.4 Å². The monoisotopic (exact) mass is 466 g/mol. The van der Waals surface area contributed by atoms with Crippen molar-refractivity contribution in [3.05, 3.63) is 52.1 Å². The van der Waals surface area contributed by atoms with Crippen LogP contribution in [0.3, 0.4) is 0 Å². The second-order valence-electron chi connectivity index (χ2n) is 8.96. The minimum Gasteiger partial charge on any atom is -0.337 e. The minimum absolute atomic E-state index is 0.0424. The second kappa shape index (κ2) is 8.79. The Morgan fingerprint density at radius 2 is 1.82 bits per heavy atom. The lowest BCUT2D eigenvalue weighted by Gasteiger charge is -2.33. The van der Waals surface area contributed by atoms with Gasteiger partial charge in [-0.05, 0) is 36.8 Å². The van der Waals surface area contributed by atoms with Crippen LogP contribution in [0.4, 0.5) is 17.6 Å². The van der Waals surface area contributed by atoms with Gasteiger partial charge >= 0.3 is 6.18 Å². The van der Waals surface area contributed by atoms with Gasteiger partial charge in [0.15, 0.2) is 5.69 Å². The summed E-state index contributed by atoms with van der Waals surface area (Å²) in [4.78, 5) is 28.7. The van der Waals surface area contributed by atoms with Gasteiger partial charge in [0.1, 0.15) is 5.82 Å². The largest absolute Gasteiger partial charge is 0.419 e. The van der Waals surface area contributed by atoms with Gasteiger partial charge in [-0.2, -0.15) is 18.3 Å². The van der Waals surface area contributed by atoms with E-state index in [2.05, 4.69) is 10.2 Å². The lowest BCUT2D eigenvalue weighted by molar-refractivity contribution is -0.141. The molecule has 0 bridgehead atoms. The molecule has 33 heavy (non-hydrogen) atoms. The molecule has 4 rings (SSSR count). The Morgan fingerprint density at radius 1 is 1.12 bits per heavy atom. The van der Waals surface area contributed by atoms with E-state index in [0.29, 0.717) is 38.0 Å². The van der Waals surface area contributed by atoms with E-state index in [1.807, 2.05) is 13.8 Å². The summed E-state index contributed by atoms with van der Waals surface area (Å²) in [6.45, 7) is 5.07. The van der Waals surface area contributed by atoms with Crippen LogP contribution in [0.2, 0.25) is 0 Å². The average Bonchev–Trinajstić information content (AvgIpc) is 3.20. The summed E-state index contributed by atoms with van der Waals surface area (Å²) in [5.41, 5.74) is 0.572. The van der Waals surface area contributed by atoms with Crippen molar-refractivity contribution in [3.63, 3.8) is 0 Å². The van der Waals surface area contributed by atoms with E-state index >= 15 is 0 Å². The van der Waals surface area contributed by atoms with E-state index in [4.69, 9.17) is 0 Å². The van der Waals surface area contributed by atoms with Crippen molar-refractivity contribution >= 4 is 11.8 Å². The van der Waals surface area contributed by atoms with Crippen LogP contribution in [-0.4, -0.2) is 51.4 Å². The summed E-state index contributed by atoms with van der Waals surface area (Å²) in [5, 5.41) is 7.07. The number of halogens is 4. The van der Waals surface area contributed by atoms with Crippen molar-refractivity contribution in [2.24, 2.45) is 5.92 Å². The van der Waals surface area contributed by atoms with E-state index in [1.54, 1.807) is 9.80 Å². The topological polar surface area (TPSA) is 69.3 Å². The molecule has 1 fully saturated rings. The van der Waals surface area contributed by atoms with Gasteiger partial charge in [0, 0.05) is 31.1 Å². The summed E-state index contributed by atoms with van der Waals surface area (Å²) >= 11 is 0. The molecular weight excluding hydrogens is 440 g/mol. The first-order chi connectivity index (χ1) is 15.6. The molecule has 1 saturated heterocycles. The van der Waals surface area contributed by atoms with Gasteiger partial charge in [0.2, 0.25) is 5.91 Å². The second-order valence-corrected chi connectivity index (χ2v) is 8.96. The molecule has 0 aliphatic carbocycles. The molecule has 0 atom stereocenters. The molecule has 6 nitrogen and oxygen atoms in total. The van der Waals surface area contributed by atoms with Crippen molar-refractivity contribution in [1.29, 1.82) is 0 Å². The van der Waals surface area contributed by atoms with Crippen LogP contribution in [0, 0.1) is 11.7 Å².